The molecule has 10 nitrogen and oxygen atoms in total. The summed E-state index contributed by atoms with van der Waals surface area (Å²) in [6.07, 6.45) is 5.78. The number of likely N-dealkylation sites (tertiary alicyclic amines) is 1. The minimum atomic E-state index is -0.625. The largest absolute Gasteiger partial charge is 0.492 e. The summed E-state index contributed by atoms with van der Waals surface area (Å²) in [5.74, 6) is 1.07. The Morgan fingerprint density at radius 2 is 2.00 bits per heavy atom. The van der Waals surface area contributed by atoms with Crippen LogP contribution in [0.15, 0.2) is 24.7 Å². The molecule has 1 aliphatic carbocycles. The van der Waals surface area contributed by atoms with Crippen molar-refractivity contribution in [2.24, 2.45) is 5.92 Å². The first-order chi connectivity index (χ1) is 18.2. The number of benzene rings is 1. The first kappa shape index (κ1) is 24.8. The molecule has 2 aliphatic heterocycles. The molecule has 0 unspecified atom stereocenters. The normalized spacial score (nSPS) is 20.8. The zero-order valence-corrected chi connectivity index (χ0v) is 22.2. The van der Waals surface area contributed by atoms with Gasteiger partial charge < -0.3 is 24.6 Å². The van der Waals surface area contributed by atoms with Crippen molar-refractivity contribution in [3.63, 3.8) is 0 Å². The molecule has 38 heavy (non-hydrogen) atoms. The Morgan fingerprint density at radius 3 is 2.71 bits per heavy atom. The number of aromatic nitrogens is 4. The maximum atomic E-state index is 15.1. The highest BCUT2D eigenvalue weighted by Gasteiger charge is 2.47. The molecule has 2 atom stereocenters. The van der Waals surface area contributed by atoms with Crippen LogP contribution in [0, 0.1) is 11.7 Å². The van der Waals surface area contributed by atoms with Crippen LogP contribution in [0.2, 0.25) is 5.02 Å². The molecule has 3 fully saturated rings. The number of ether oxygens (including phenoxy) is 2. The monoisotopic (exact) mass is 541 g/mol. The van der Waals surface area contributed by atoms with Gasteiger partial charge in [0.2, 0.25) is 5.95 Å². The fourth-order valence-electron chi connectivity index (χ4n) is 4.89. The molecule has 0 spiro atoms. The molecule has 1 aromatic carbocycles. The van der Waals surface area contributed by atoms with Crippen LogP contribution in [0.3, 0.4) is 0 Å². The number of hydrogen-bond acceptors (Lipinski definition) is 9. The van der Waals surface area contributed by atoms with Crippen LogP contribution in [-0.2, 0) is 4.74 Å². The number of anilines is 3. The Kier molecular flexibility index (Phi) is 6.13. The lowest BCUT2D eigenvalue weighted by molar-refractivity contribution is 0.0214. The Hall–Kier alpha value is -3.47. The number of rotatable bonds is 6. The lowest BCUT2D eigenvalue weighted by Crippen LogP contribution is -2.50. The number of nitrogens with one attached hydrogen (secondary N) is 1. The van der Waals surface area contributed by atoms with Crippen molar-refractivity contribution in [3.05, 3.63) is 35.5 Å². The predicted molar refractivity (Wildman–Crippen MR) is 141 cm³/mol. The molecule has 4 heterocycles. The molecule has 1 amide bonds. The summed E-state index contributed by atoms with van der Waals surface area (Å²) in [7, 11) is 0. The van der Waals surface area contributed by atoms with Gasteiger partial charge in [0.15, 0.2) is 11.6 Å². The fraction of sp³-hybridized carbons (Fsp3) is 0.500. The number of piperazine rings is 1. The smallest absolute Gasteiger partial charge is 0.410 e. The molecule has 1 saturated carbocycles. The maximum absolute atomic E-state index is 15.1. The highest BCUT2D eigenvalue weighted by molar-refractivity contribution is 6.32. The summed E-state index contributed by atoms with van der Waals surface area (Å²) in [5, 5.41) is 2.93. The Bertz CT molecular complexity index is 1400. The molecule has 0 radical (unpaired) electrons. The molecule has 6 rings (SSSR count). The van der Waals surface area contributed by atoms with E-state index in [0.29, 0.717) is 54.2 Å². The second-order valence-corrected chi connectivity index (χ2v) is 11.5. The highest BCUT2D eigenvalue weighted by Crippen LogP contribution is 2.37. The van der Waals surface area contributed by atoms with Gasteiger partial charge in [-0.15, -0.1) is 0 Å². The van der Waals surface area contributed by atoms with Gasteiger partial charge in [-0.2, -0.15) is 0 Å². The van der Waals surface area contributed by atoms with Crippen LogP contribution in [0.4, 0.5) is 26.6 Å². The van der Waals surface area contributed by atoms with E-state index in [1.165, 1.54) is 6.33 Å². The Morgan fingerprint density at radius 1 is 1.18 bits per heavy atom. The van der Waals surface area contributed by atoms with Crippen LogP contribution in [-0.4, -0.2) is 68.3 Å². The summed E-state index contributed by atoms with van der Waals surface area (Å²) in [6, 6.07) is 3.32. The minimum absolute atomic E-state index is 0.0238. The summed E-state index contributed by atoms with van der Waals surface area (Å²) in [6.45, 7) is 7.25. The topological polar surface area (TPSA) is 106 Å². The summed E-state index contributed by atoms with van der Waals surface area (Å²) in [5.41, 5.74) is 0.579. The van der Waals surface area contributed by atoms with E-state index < -0.39 is 11.4 Å². The zero-order chi connectivity index (χ0) is 26.6. The molecular weight excluding hydrogens is 513 g/mol. The van der Waals surface area contributed by atoms with Crippen molar-refractivity contribution in [2.45, 2.75) is 57.7 Å². The number of nitrogens with zero attached hydrogens (tertiary/aromatic N) is 6. The molecule has 3 aliphatic rings. The number of carbonyl (C=O) groups is 1. The van der Waals surface area contributed by atoms with E-state index >= 15 is 4.39 Å². The first-order valence-corrected chi connectivity index (χ1v) is 13.2. The third kappa shape index (κ3) is 4.87. The van der Waals surface area contributed by atoms with Crippen LogP contribution in [0.5, 0.6) is 5.75 Å². The molecular formula is C26H29ClFN7O3. The van der Waals surface area contributed by atoms with E-state index in [4.69, 9.17) is 26.1 Å². The number of carbonyl (C=O) groups excluding carboxylic acids is 1. The third-order valence-corrected chi connectivity index (χ3v) is 7.31. The summed E-state index contributed by atoms with van der Waals surface area (Å²) in [4.78, 5) is 34.3. The SMILES string of the molecule is CC(C)(C)OC(=O)N1C[C@@H]2C[C@H]1CN2c1ncc2ncnc(Nc3ccc(OCC4CC4)c(Cl)c3F)c2n1. The van der Waals surface area contributed by atoms with Crippen molar-refractivity contribution < 1.29 is 18.7 Å². The number of fused-ring (bicyclic) bond motifs is 3. The molecule has 1 N–H and O–H groups in total. The average Bonchev–Trinajstić information content (AvgIpc) is 3.48. The highest BCUT2D eigenvalue weighted by atomic mass is 35.5. The van der Waals surface area contributed by atoms with Gasteiger partial charge in [-0.05, 0) is 58.1 Å². The van der Waals surface area contributed by atoms with Gasteiger partial charge >= 0.3 is 6.09 Å². The van der Waals surface area contributed by atoms with Crippen molar-refractivity contribution in [3.8, 4) is 5.75 Å². The van der Waals surface area contributed by atoms with Gasteiger partial charge in [0.25, 0.3) is 0 Å². The van der Waals surface area contributed by atoms with Crippen molar-refractivity contribution in [2.75, 3.05) is 29.9 Å². The molecule has 2 bridgehead atoms. The van der Waals surface area contributed by atoms with E-state index in [2.05, 4.69) is 25.2 Å². The Labute approximate surface area is 224 Å². The maximum Gasteiger partial charge on any atom is 0.410 e. The first-order valence-electron chi connectivity index (χ1n) is 12.8. The molecule has 2 aromatic heterocycles. The molecule has 12 heteroatoms. The molecule has 3 aromatic rings. The third-order valence-electron chi connectivity index (χ3n) is 6.96. The summed E-state index contributed by atoms with van der Waals surface area (Å²) >= 11 is 6.26. The van der Waals surface area contributed by atoms with E-state index in [0.717, 1.165) is 19.3 Å². The standard InChI is InChI=1S/C26H29ClFN7O3/c1-26(2,3)38-25(36)35-11-15-8-16(35)10-34(15)24-29-9-18-22(33-24)23(31-13-30-18)32-17-6-7-19(20(27)21(17)28)37-12-14-4-5-14/h6-7,9,13-16H,4-5,8,10-12H2,1-3H3,(H,30,31,32)/t15-,16-/m0/s1. The van der Waals surface area contributed by atoms with Crippen LogP contribution in [0.1, 0.15) is 40.0 Å². The van der Waals surface area contributed by atoms with Crippen LogP contribution < -0.4 is 15.0 Å². The average molecular weight is 542 g/mol. The fourth-order valence-corrected chi connectivity index (χ4v) is 5.11. The van der Waals surface area contributed by atoms with Gasteiger partial charge in [-0.3, -0.25) is 0 Å². The van der Waals surface area contributed by atoms with Crippen LogP contribution >= 0.6 is 11.6 Å². The lowest BCUT2D eigenvalue weighted by Gasteiger charge is -2.35. The number of hydrogen-bond donors (Lipinski definition) is 1. The van der Waals surface area contributed by atoms with E-state index in [1.54, 1.807) is 23.2 Å². The summed E-state index contributed by atoms with van der Waals surface area (Å²) < 4.78 is 26.4. The van der Waals surface area contributed by atoms with Crippen molar-refractivity contribution >= 4 is 46.2 Å². The quantitative estimate of drug-likeness (QED) is 0.464. The lowest BCUT2D eigenvalue weighted by atomic mass is 10.2. The number of halogens is 2. The van der Waals surface area contributed by atoms with Crippen molar-refractivity contribution in [1.29, 1.82) is 0 Å². The number of amides is 1. The Balaban J connectivity index is 1.21. The van der Waals surface area contributed by atoms with Gasteiger partial charge in [0.1, 0.15) is 33.7 Å². The zero-order valence-electron chi connectivity index (χ0n) is 21.4. The second kappa shape index (κ2) is 9.37. The van der Waals surface area contributed by atoms with Gasteiger partial charge in [-0.25, -0.2) is 29.1 Å². The second-order valence-electron chi connectivity index (χ2n) is 11.1. The van der Waals surface area contributed by atoms with Crippen molar-refractivity contribution in [1.82, 2.24) is 24.8 Å². The van der Waals surface area contributed by atoms with E-state index in [1.807, 2.05) is 20.8 Å². The van der Waals surface area contributed by atoms with E-state index in [-0.39, 0.29) is 28.9 Å². The van der Waals surface area contributed by atoms with Crippen LogP contribution in [0.25, 0.3) is 11.0 Å². The predicted octanol–water partition coefficient (Wildman–Crippen LogP) is 4.94. The van der Waals surface area contributed by atoms with Gasteiger partial charge in [0.05, 0.1) is 30.6 Å². The van der Waals surface area contributed by atoms with Gasteiger partial charge in [0, 0.05) is 13.1 Å². The van der Waals surface area contributed by atoms with E-state index in [9.17, 15) is 4.79 Å². The van der Waals surface area contributed by atoms with Gasteiger partial charge in [-0.1, -0.05) is 11.6 Å². The molecule has 200 valence electrons. The minimum Gasteiger partial charge on any atom is -0.492 e. The molecule has 2 saturated heterocycles.